The molecule has 0 bridgehead atoms. The summed E-state index contributed by atoms with van der Waals surface area (Å²) in [6, 6.07) is 1.94. The van der Waals surface area contributed by atoms with Crippen LogP contribution in [0, 0.1) is 0 Å². The molecule has 1 heterocycles. The van der Waals surface area contributed by atoms with E-state index in [-0.39, 0.29) is 0 Å². The number of thiophene rings is 1. The minimum atomic E-state index is 0.785. The van der Waals surface area contributed by atoms with E-state index in [2.05, 4.69) is 0 Å². The number of nitrogens with zero attached hydrogens (tertiary/aromatic N) is 1. The average Bonchev–Trinajstić information content (AvgIpc) is 2.65. The topological polar surface area (TPSA) is 20.3 Å². The zero-order chi connectivity index (χ0) is 11.0. The Morgan fingerprint density at radius 1 is 1.36 bits per heavy atom. The minimum absolute atomic E-state index is 0.785. The Bertz CT molecular complexity index is 289. The molecular weight excluding hydrogens is 194 g/mol. The Hall–Kier alpha value is -1.09. The second kappa shape index (κ2) is 7.33. The van der Waals surface area contributed by atoms with Gasteiger partial charge in [0.15, 0.2) is 6.29 Å². The molecule has 0 aliphatic carbocycles. The third-order valence-corrected chi connectivity index (χ3v) is 2.24. The molecule has 0 atom stereocenters. The molecule has 0 aliphatic rings. The highest BCUT2D eigenvalue weighted by atomic mass is 32.1. The molecule has 0 spiro atoms. The highest BCUT2D eigenvalue weighted by Gasteiger charge is 1.97. The first-order valence-electron chi connectivity index (χ1n) is 4.61. The van der Waals surface area contributed by atoms with Gasteiger partial charge < -0.3 is 4.90 Å². The van der Waals surface area contributed by atoms with Gasteiger partial charge in [-0.3, -0.25) is 4.79 Å². The molecule has 0 amide bonds. The Balaban J connectivity index is 0.000000791. The van der Waals surface area contributed by atoms with Gasteiger partial charge in [-0.05, 0) is 29.3 Å². The van der Waals surface area contributed by atoms with Crippen LogP contribution < -0.4 is 0 Å². The lowest BCUT2D eigenvalue weighted by molar-refractivity contribution is 0.112. The van der Waals surface area contributed by atoms with E-state index < -0.39 is 0 Å². The number of carbonyl (C=O) groups excluding carboxylic acids is 1. The second-order valence-corrected chi connectivity index (χ2v) is 3.59. The summed E-state index contributed by atoms with van der Waals surface area (Å²) in [4.78, 5) is 13.2. The van der Waals surface area contributed by atoms with Crippen LogP contribution in [0.3, 0.4) is 0 Å². The summed E-state index contributed by atoms with van der Waals surface area (Å²) < 4.78 is 0. The van der Waals surface area contributed by atoms with Crippen LogP contribution in [0.5, 0.6) is 0 Å². The van der Waals surface area contributed by atoms with Crippen molar-refractivity contribution in [3.8, 4) is 0 Å². The first kappa shape index (κ1) is 12.9. The first-order chi connectivity index (χ1) is 6.74. The van der Waals surface area contributed by atoms with Gasteiger partial charge >= 0.3 is 0 Å². The summed E-state index contributed by atoms with van der Waals surface area (Å²) >= 11 is 1.46. The van der Waals surface area contributed by atoms with Crippen LogP contribution in [-0.2, 0) is 0 Å². The maximum atomic E-state index is 10.5. The predicted molar refractivity (Wildman–Crippen MR) is 63.8 cm³/mol. The van der Waals surface area contributed by atoms with Crippen LogP contribution in [-0.4, -0.2) is 25.3 Å². The van der Waals surface area contributed by atoms with Crippen LogP contribution in [0.15, 0.2) is 17.6 Å². The maximum Gasteiger partial charge on any atom is 0.160 e. The molecule has 1 aromatic heterocycles. The van der Waals surface area contributed by atoms with Gasteiger partial charge in [0.1, 0.15) is 0 Å². The van der Waals surface area contributed by atoms with Gasteiger partial charge in [0.2, 0.25) is 0 Å². The number of hydrogen-bond donors (Lipinski definition) is 0. The molecule has 0 fully saturated rings. The van der Waals surface area contributed by atoms with Gasteiger partial charge in [-0.25, -0.2) is 0 Å². The fourth-order valence-corrected chi connectivity index (χ4v) is 1.48. The Kier molecular flexibility index (Phi) is 6.76. The van der Waals surface area contributed by atoms with Crippen molar-refractivity contribution in [2.75, 3.05) is 14.1 Å². The molecule has 0 radical (unpaired) electrons. The summed E-state index contributed by atoms with van der Waals surface area (Å²) in [6.45, 7) is 4.00. The molecule has 78 valence electrons. The normalized spacial score (nSPS) is 9.43. The van der Waals surface area contributed by atoms with Gasteiger partial charge in [0.05, 0.1) is 4.88 Å². The molecule has 1 rings (SSSR count). The van der Waals surface area contributed by atoms with E-state index in [1.807, 2.05) is 56.6 Å². The summed E-state index contributed by atoms with van der Waals surface area (Å²) in [5, 5.41) is 1.92. The van der Waals surface area contributed by atoms with Crippen LogP contribution in [0.25, 0.3) is 6.08 Å². The molecule has 0 aromatic carbocycles. The van der Waals surface area contributed by atoms with E-state index in [0.717, 1.165) is 16.7 Å². The molecule has 3 heteroatoms. The van der Waals surface area contributed by atoms with E-state index in [1.54, 1.807) is 0 Å². The highest BCUT2D eigenvalue weighted by Crippen LogP contribution is 2.15. The van der Waals surface area contributed by atoms with Crippen molar-refractivity contribution >= 4 is 23.7 Å². The fourth-order valence-electron chi connectivity index (χ4n) is 0.794. The summed E-state index contributed by atoms with van der Waals surface area (Å²) in [6.07, 6.45) is 4.75. The van der Waals surface area contributed by atoms with Crippen molar-refractivity contribution in [3.05, 3.63) is 28.1 Å². The average molecular weight is 211 g/mol. The van der Waals surface area contributed by atoms with E-state index in [0.29, 0.717) is 0 Å². The van der Waals surface area contributed by atoms with Crippen molar-refractivity contribution in [1.82, 2.24) is 4.90 Å². The molecule has 0 N–H and O–H groups in total. The van der Waals surface area contributed by atoms with Crippen LogP contribution in [0.1, 0.15) is 29.1 Å². The quantitative estimate of drug-likeness (QED) is 0.716. The third kappa shape index (κ3) is 4.23. The third-order valence-electron chi connectivity index (χ3n) is 1.39. The zero-order valence-electron chi connectivity index (χ0n) is 9.15. The number of aldehydes is 1. The molecule has 0 aliphatic heterocycles. The van der Waals surface area contributed by atoms with Gasteiger partial charge in [-0.15, -0.1) is 11.3 Å². The summed E-state index contributed by atoms with van der Waals surface area (Å²) in [5.41, 5.74) is 0.990. The van der Waals surface area contributed by atoms with Gasteiger partial charge in [0, 0.05) is 14.1 Å². The van der Waals surface area contributed by atoms with E-state index >= 15 is 0 Å². The summed E-state index contributed by atoms with van der Waals surface area (Å²) in [5.74, 6) is 0. The Morgan fingerprint density at radius 3 is 2.50 bits per heavy atom. The molecule has 2 nitrogen and oxygen atoms in total. The molecule has 0 unspecified atom stereocenters. The standard InChI is InChI=1S/C9H11NOS.C2H6/c1-10(2)5-3-8-4-6-12-9(8)7-11;1-2/h3-7H,1-2H3;1-2H3/b5-3-;. The monoisotopic (exact) mass is 211 g/mol. The second-order valence-electron chi connectivity index (χ2n) is 2.64. The van der Waals surface area contributed by atoms with Gasteiger partial charge in [0.25, 0.3) is 0 Å². The van der Waals surface area contributed by atoms with Crippen molar-refractivity contribution in [2.24, 2.45) is 0 Å². The smallest absolute Gasteiger partial charge is 0.160 e. The molecule has 14 heavy (non-hydrogen) atoms. The lowest BCUT2D eigenvalue weighted by Crippen LogP contribution is -1.99. The SMILES string of the molecule is CC.CN(C)/C=C\c1ccsc1C=O. The van der Waals surface area contributed by atoms with E-state index in [4.69, 9.17) is 0 Å². The number of carbonyl (C=O) groups is 1. The van der Waals surface area contributed by atoms with E-state index in [9.17, 15) is 4.79 Å². The maximum absolute atomic E-state index is 10.5. The largest absolute Gasteiger partial charge is 0.383 e. The molecule has 1 aromatic rings. The van der Waals surface area contributed by atoms with Crippen LogP contribution >= 0.6 is 11.3 Å². The van der Waals surface area contributed by atoms with Crippen molar-refractivity contribution < 1.29 is 4.79 Å². The van der Waals surface area contributed by atoms with Gasteiger partial charge in [-0.1, -0.05) is 13.8 Å². The summed E-state index contributed by atoms with van der Waals surface area (Å²) in [7, 11) is 3.90. The predicted octanol–water partition coefficient (Wildman–Crippen LogP) is 3.12. The fraction of sp³-hybridized carbons (Fsp3) is 0.364. The van der Waals surface area contributed by atoms with E-state index in [1.165, 1.54) is 11.3 Å². The molecule has 0 saturated carbocycles. The Morgan fingerprint density at radius 2 is 2.00 bits per heavy atom. The highest BCUT2D eigenvalue weighted by molar-refractivity contribution is 7.11. The lowest BCUT2D eigenvalue weighted by Gasteiger charge is -2.02. The number of hydrogen-bond acceptors (Lipinski definition) is 3. The van der Waals surface area contributed by atoms with Gasteiger partial charge in [-0.2, -0.15) is 0 Å². The number of rotatable bonds is 3. The van der Waals surface area contributed by atoms with Crippen LogP contribution in [0.4, 0.5) is 0 Å². The first-order valence-corrected chi connectivity index (χ1v) is 5.49. The minimum Gasteiger partial charge on any atom is -0.383 e. The van der Waals surface area contributed by atoms with Crippen molar-refractivity contribution in [1.29, 1.82) is 0 Å². The lowest BCUT2D eigenvalue weighted by atomic mass is 10.2. The Labute approximate surface area is 89.9 Å². The molecule has 0 saturated heterocycles. The zero-order valence-corrected chi connectivity index (χ0v) is 9.97. The molecular formula is C11H17NOS. The van der Waals surface area contributed by atoms with Crippen molar-refractivity contribution in [2.45, 2.75) is 13.8 Å². The van der Waals surface area contributed by atoms with Crippen molar-refractivity contribution in [3.63, 3.8) is 0 Å². The van der Waals surface area contributed by atoms with Crippen LogP contribution in [0.2, 0.25) is 0 Å².